The van der Waals surface area contributed by atoms with Crippen molar-refractivity contribution in [1.82, 2.24) is 10.3 Å². The second kappa shape index (κ2) is 6.64. The highest BCUT2D eigenvalue weighted by Crippen LogP contribution is 2.34. The number of aryl methyl sites for hydroxylation is 2. The number of thiazole rings is 1. The van der Waals surface area contributed by atoms with Crippen molar-refractivity contribution >= 4 is 23.3 Å². The lowest BCUT2D eigenvalue weighted by Gasteiger charge is -2.34. The number of nitrogens with one attached hydrogen (secondary N) is 1. The van der Waals surface area contributed by atoms with Crippen molar-refractivity contribution in [1.29, 1.82) is 0 Å². The van der Waals surface area contributed by atoms with Crippen molar-refractivity contribution < 1.29 is 9.90 Å². The SMILES string of the molecule is Cc1nc(C=CC(=O)NCC2(O)CCCc3ccccc32)cs1. The van der Waals surface area contributed by atoms with Gasteiger partial charge in [-0.2, -0.15) is 0 Å². The second-order valence-electron chi connectivity index (χ2n) is 5.88. The van der Waals surface area contributed by atoms with E-state index in [1.165, 1.54) is 11.6 Å². The van der Waals surface area contributed by atoms with Crippen molar-refractivity contribution in [3.8, 4) is 0 Å². The quantitative estimate of drug-likeness (QED) is 0.849. The van der Waals surface area contributed by atoms with Crippen LogP contribution in [0.1, 0.15) is 34.7 Å². The van der Waals surface area contributed by atoms with Gasteiger partial charge in [-0.3, -0.25) is 4.79 Å². The third-order valence-electron chi connectivity index (χ3n) is 4.15. The van der Waals surface area contributed by atoms with Crippen LogP contribution in [0.4, 0.5) is 0 Å². The van der Waals surface area contributed by atoms with E-state index in [1.54, 1.807) is 17.4 Å². The van der Waals surface area contributed by atoms with Crippen LogP contribution < -0.4 is 5.32 Å². The van der Waals surface area contributed by atoms with E-state index < -0.39 is 5.60 Å². The van der Waals surface area contributed by atoms with Crippen LogP contribution in [0.3, 0.4) is 0 Å². The molecule has 5 heteroatoms. The highest BCUT2D eigenvalue weighted by Gasteiger charge is 2.34. The van der Waals surface area contributed by atoms with Crippen LogP contribution in [0.25, 0.3) is 6.08 Å². The molecule has 1 aromatic heterocycles. The molecular weight excluding hydrogens is 308 g/mol. The molecule has 23 heavy (non-hydrogen) atoms. The fourth-order valence-electron chi connectivity index (χ4n) is 2.99. The smallest absolute Gasteiger partial charge is 0.244 e. The fraction of sp³-hybridized carbons (Fsp3) is 0.333. The molecule has 0 saturated carbocycles. The maximum absolute atomic E-state index is 12.0. The van der Waals surface area contributed by atoms with E-state index in [2.05, 4.69) is 10.3 Å². The van der Waals surface area contributed by atoms with E-state index in [1.807, 2.05) is 36.6 Å². The van der Waals surface area contributed by atoms with Gasteiger partial charge in [-0.05, 0) is 43.4 Å². The predicted molar refractivity (Wildman–Crippen MR) is 92.2 cm³/mol. The Morgan fingerprint density at radius 1 is 1.48 bits per heavy atom. The molecule has 2 N–H and O–H groups in total. The van der Waals surface area contributed by atoms with Gasteiger partial charge in [0, 0.05) is 11.5 Å². The van der Waals surface area contributed by atoms with Gasteiger partial charge in [-0.15, -0.1) is 11.3 Å². The molecule has 4 nitrogen and oxygen atoms in total. The molecule has 1 unspecified atom stereocenters. The molecule has 1 aliphatic rings. The molecule has 0 spiro atoms. The molecule has 2 aromatic rings. The summed E-state index contributed by atoms with van der Waals surface area (Å²) in [6.45, 7) is 2.15. The zero-order chi connectivity index (χ0) is 16.3. The normalized spacial score (nSPS) is 20.4. The van der Waals surface area contributed by atoms with Gasteiger partial charge < -0.3 is 10.4 Å². The van der Waals surface area contributed by atoms with Crippen LogP contribution in [-0.2, 0) is 16.8 Å². The Morgan fingerprint density at radius 3 is 3.09 bits per heavy atom. The Morgan fingerprint density at radius 2 is 2.30 bits per heavy atom. The maximum Gasteiger partial charge on any atom is 0.244 e. The number of benzene rings is 1. The topological polar surface area (TPSA) is 62.2 Å². The average Bonchev–Trinajstić information content (AvgIpc) is 2.97. The van der Waals surface area contributed by atoms with E-state index in [0.29, 0.717) is 6.42 Å². The van der Waals surface area contributed by atoms with Crippen LogP contribution in [0, 0.1) is 6.92 Å². The summed E-state index contributed by atoms with van der Waals surface area (Å²) in [6.07, 6.45) is 5.73. The van der Waals surface area contributed by atoms with Crippen LogP contribution in [0.5, 0.6) is 0 Å². The minimum Gasteiger partial charge on any atom is -0.383 e. The number of aliphatic hydroxyl groups is 1. The highest BCUT2D eigenvalue weighted by molar-refractivity contribution is 7.09. The number of amides is 1. The molecule has 120 valence electrons. The van der Waals surface area contributed by atoms with E-state index in [-0.39, 0.29) is 12.5 Å². The Bertz CT molecular complexity index is 738. The number of carbonyl (C=O) groups is 1. The van der Waals surface area contributed by atoms with Gasteiger partial charge in [0.15, 0.2) is 0 Å². The highest BCUT2D eigenvalue weighted by atomic mass is 32.1. The molecule has 3 rings (SSSR count). The molecule has 0 radical (unpaired) electrons. The summed E-state index contributed by atoms with van der Waals surface area (Å²) < 4.78 is 0. The summed E-state index contributed by atoms with van der Waals surface area (Å²) in [5, 5.41) is 16.6. The molecule has 1 amide bonds. The Hall–Kier alpha value is -1.98. The molecule has 0 fully saturated rings. The number of hydrogen-bond acceptors (Lipinski definition) is 4. The Labute approximate surface area is 139 Å². The molecule has 0 bridgehead atoms. The summed E-state index contributed by atoms with van der Waals surface area (Å²) >= 11 is 1.55. The van der Waals surface area contributed by atoms with Gasteiger partial charge in [-0.25, -0.2) is 4.98 Å². The number of fused-ring (bicyclic) bond motifs is 1. The summed E-state index contributed by atoms with van der Waals surface area (Å²) in [7, 11) is 0. The molecular formula is C18H20N2O2S. The lowest BCUT2D eigenvalue weighted by Crippen LogP contribution is -2.42. The number of hydrogen-bond donors (Lipinski definition) is 2. The number of nitrogens with zero attached hydrogens (tertiary/aromatic N) is 1. The summed E-state index contributed by atoms with van der Waals surface area (Å²) in [4.78, 5) is 16.3. The van der Waals surface area contributed by atoms with Crippen molar-refractivity contribution in [2.75, 3.05) is 6.54 Å². The Balaban J connectivity index is 1.64. The van der Waals surface area contributed by atoms with Gasteiger partial charge in [0.05, 0.1) is 17.2 Å². The Kier molecular flexibility index (Phi) is 4.59. The van der Waals surface area contributed by atoms with Crippen molar-refractivity contribution in [3.63, 3.8) is 0 Å². The molecule has 1 atom stereocenters. The van der Waals surface area contributed by atoms with Gasteiger partial charge in [0.25, 0.3) is 0 Å². The lowest BCUT2D eigenvalue weighted by molar-refractivity contribution is -0.118. The third-order valence-corrected chi connectivity index (χ3v) is 4.94. The van der Waals surface area contributed by atoms with E-state index in [4.69, 9.17) is 0 Å². The first-order valence-electron chi connectivity index (χ1n) is 7.76. The van der Waals surface area contributed by atoms with E-state index in [9.17, 15) is 9.90 Å². The van der Waals surface area contributed by atoms with Crippen LogP contribution in [0.2, 0.25) is 0 Å². The zero-order valence-electron chi connectivity index (χ0n) is 13.1. The average molecular weight is 328 g/mol. The number of carbonyl (C=O) groups excluding carboxylic acids is 1. The molecule has 1 aliphatic carbocycles. The zero-order valence-corrected chi connectivity index (χ0v) is 13.9. The first kappa shape index (κ1) is 15.9. The van der Waals surface area contributed by atoms with Gasteiger partial charge in [-0.1, -0.05) is 24.3 Å². The maximum atomic E-state index is 12.0. The fourth-order valence-corrected chi connectivity index (χ4v) is 3.57. The molecule has 0 saturated heterocycles. The van der Waals surface area contributed by atoms with Crippen molar-refractivity contribution in [2.24, 2.45) is 0 Å². The second-order valence-corrected chi connectivity index (χ2v) is 6.95. The molecule has 1 heterocycles. The number of rotatable bonds is 4. The minimum absolute atomic E-state index is 0.216. The van der Waals surface area contributed by atoms with Crippen LogP contribution >= 0.6 is 11.3 Å². The van der Waals surface area contributed by atoms with E-state index >= 15 is 0 Å². The van der Waals surface area contributed by atoms with Crippen LogP contribution in [0.15, 0.2) is 35.7 Å². The van der Waals surface area contributed by atoms with Gasteiger partial charge >= 0.3 is 0 Å². The van der Waals surface area contributed by atoms with Crippen LogP contribution in [-0.4, -0.2) is 22.5 Å². The van der Waals surface area contributed by atoms with Crippen molar-refractivity contribution in [3.05, 3.63) is 57.6 Å². The molecule has 1 aromatic carbocycles. The largest absolute Gasteiger partial charge is 0.383 e. The van der Waals surface area contributed by atoms with Gasteiger partial charge in [0.1, 0.15) is 5.60 Å². The first-order chi connectivity index (χ1) is 11.1. The summed E-state index contributed by atoms with van der Waals surface area (Å²) in [5.41, 5.74) is 1.91. The summed E-state index contributed by atoms with van der Waals surface area (Å²) in [5.74, 6) is -0.216. The first-order valence-corrected chi connectivity index (χ1v) is 8.64. The molecule has 0 aliphatic heterocycles. The van der Waals surface area contributed by atoms with Crippen molar-refractivity contribution in [2.45, 2.75) is 31.8 Å². The van der Waals surface area contributed by atoms with Gasteiger partial charge in [0.2, 0.25) is 5.91 Å². The predicted octanol–water partition coefficient (Wildman–Crippen LogP) is 2.81. The minimum atomic E-state index is -0.977. The monoisotopic (exact) mass is 328 g/mol. The lowest BCUT2D eigenvalue weighted by atomic mass is 9.79. The summed E-state index contributed by atoms with van der Waals surface area (Å²) in [6, 6.07) is 7.92. The number of aromatic nitrogens is 1. The standard InChI is InChI=1S/C18H20N2O2S/c1-13-20-15(11-23-13)8-9-17(21)19-12-18(22)10-4-6-14-5-2-3-7-16(14)18/h2-3,5,7-9,11,22H,4,6,10,12H2,1H3,(H,19,21). The van der Waals surface area contributed by atoms with E-state index in [0.717, 1.165) is 29.1 Å². The third kappa shape index (κ3) is 3.68.